The Bertz CT molecular complexity index is 1370. The molecule has 3 saturated carbocycles. The third kappa shape index (κ3) is 5.13. The van der Waals surface area contributed by atoms with Gasteiger partial charge in [-0.3, -0.25) is 9.78 Å². The van der Waals surface area contributed by atoms with Crippen molar-refractivity contribution >= 4 is 19.0 Å². The lowest BCUT2D eigenvalue weighted by molar-refractivity contribution is -0.199. The average molecular weight is 575 g/mol. The van der Waals surface area contributed by atoms with Crippen LogP contribution in [0.5, 0.6) is 5.75 Å². The van der Waals surface area contributed by atoms with Crippen LogP contribution >= 0.6 is 0 Å². The predicted octanol–water partition coefficient (Wildman–Crippen LogP) is 5.52. The number of nitrogens with zero attached hydrogens (tertiary/aromatic N) is 2. The highest BCUT2D eigenvalue weighted by molar-refractivity contribution is 6.45. The number of esters is 1. The lowest BCUT2D eigenvalue weighted by Crippen LogP contribution is -2.65. The van der Waals surface area contributed by atoms with Crippen LogP contribution in [0.2, 0.25) is 6.32 Å². The van der Waals surface area contributed by atoms with E-state index in [9.17, 15) is 9.59 Å². The molecule has 0 radical (unpaired) electrons. The van der Waals surface area contributed by atoms with Gasteiger partial charge in [-0.25, -0.2) is 4.79 Å². The first-order valence-electron chi connectivity index (χ1n) is 15.3. The van der Waals surface area contributed by atoms with Crippen molar-refractivity contribution in [3.63, 3.8) is 0 Å². The summed E-state index contributed by atoms with van der Waals surface area (Å²) in [6.45, 7) is 15.4. The zero-order valence-corrected chi connectivity index (χ0v) is 25.9. The van der Waals surface area contributed by atoms with Crippen LogP contribution in [0.25, 0.3) is 0 Å². The number of carbonyl (C=O) groups excluding carboxylic acids is 2. The first kappa shape index (κ1) is 29.2. The van der Waals surface area contributed by atoms with Crippen molar-refractivity contribution in [2.24, 2.45) is 17.3 Å². The quantitative estimate of drug-likeness (QED) is 0.318. The molecule has 224 valence electrons. The monoisotopic (exact) mass is 574 g/mol. The Kier molecular flexibility index (Phi) is 7.21. The summed E-state index contributed by atoms with van der Waals surface area (Å²) in [6.07, 6.45) is 5.26. The normalized spacial score (nSPS) is 28.0. The molecule has 9 heteroatoms. The first-order chi connectivity index (χ1) is 19.8. The Morgan fingerprint density at radius 2 is 1.88 bits per heavy atom. The molecule has 7 rings (SSSR count). The number of rotatable bonds is 7. The van der Waals surface area contributed by atoms with Crippen LogP contribution in [0.15, 0.2) is 36.5 Å². The van der Waals surface area contributed by atoms with Crippen molar-refractivity contribution in [2.75, 3.05) is 13.1 Å². The summed E-state index contributed by atoms with van der Waals surface area (Å²) in [5.74, 6) is 1.18. The van der Waals surface area contributed by atoms with Gasteiger partial charge in [0.1, 0.15) is 28.7 Å². The highest BCUT2D eigenvalue weighted by Gasteiger charge is 2.67. The minimum atomic E-state index is -0.648. The topological polar surface area (TPSA) is 87.2 Å². The molecule has 3 aliphatic carbocycles. The van der Waals surface area contributed by atoms with E-state index in [-0.39, 0.29) is 30.8 Å². The summed E-state index contributed by atoms with van der Waals surface area (Å²) in [5, 5.41) is 0. The molecule has 1 amide bonds. The van der Waals surface area contributed by atoms with Crippen LogP contribution in [0.3, 0.4) is 0 Å². The van der Waals surface area contributed by atoms with Crippen molar-refractivity contribution in [2.45, 2.75) is 97.5 Å². The van der Waals surface area contributed by atoms with Gasteiger partial charge >= 0.3 is 13.1 Å². The van der Waals surface area contributed by atoms with Gasteiger partial charge < -0.3 is 23.7 Å². The predicted molar refractivity (Wildman–Crippen MR) is 160 cm³/mol. The maximum Gasteiger partial charge on any atom is 0.457 e. The van der Waals surface area contributed by atoms with Crippen molar-refractivity contribution < 1.29 is 28.4 Å². The number of ether oxygens (including phenoxy) is 2. The van der Waals surface area contributed by atoms with Gasteiger partial charge in [-0.1, -0.05) is 26.0 Å². The average Bonchev–Trinajstić information content (AvgIpc) is 3.25. The van der Waals surface area contributed by atoms with Crippen molar-refractivity contribution in [1.82, 2.24) is 9.88 Å². The second-order valence-electron chi connectivity index (χ2n) is 14.3. The molecule has 2 saturated heterocycles. The lowest BCUT2D eigenvalue weighted by Gasteiger charge is -2.64. The van der Waals surface area contributed by atoms with E-state index in [2.05, 4.69) is 25.8 Å². The van der Waals surface area contributed by atoms with Crippen molar-refractivity contribution in [1.29, 1.82) is 0 Å². The molecule has 4 atom stereocenters. The van der Waals surface area contributed by atoms with E-state index in [0.29, 0.717) is 60.1 Å². The van der Waals surface area contributed by atoms with Crippen LogP contribution in [0.1, 0.15) is 86.4 Å². The minimum Gasteiger partial charge on any atom is -0.486 e. The van der Waals surface area contributed by atoms with Crippen molar-refractivity contribution in [3.05, 3.63) is 58.9 Å². The Hall–Kier alpha value is -2.91. The summed E-state index contributed by atoms with van der Waals surface area (Å²) < 4.78 is 25.2. The molecule has 2 bridgehead atoms. The molecular weight excluding hydrogens is 531 g/mol. The van der Waals surface area contributed by atoms with Crippen LogP contribution < -0.4 is 4.74 Å². The van der Waals surface area contributed by atoms with Gasteiger partial charge in [-0.2, -0.15) is 0 Å². The summed E-state index contributed by atoms with van der Waals surface area (Å²) in [7, 11) is -0.256. The second-order valence-corrected chi connectivity index (χ2v) is 14.3. The highest BCUT2D eigenvalue weighted by Crippen LogP contribution is 2.65. The van der Waals surface area contributed by atoms with Gasteiger partial charge in [-0.05, 0) is 107 Å². The summed E-state index contributed by atoms with van der Waals surface area (Å²) in [4.78, 5) is 32.0. The fraction of sp³-hybridized carbons (Fsp3) is 0.606. The third-order valence-corrected chi connectivity index (χ3v) is 10.1. The van der Waals surface area contributed by atoms with E-state index >= 15 is 0 Å². The van der Waals surface area contributed by atoms with Gasteiger partial charge in [0.15, 0.2) is 0 Å². The van der Waals surface area contributed by atoms with Gasteiger partial charge in [0.2, 0.25) is 0 Å². The maximum absolute atomic E-state index is 13.5. The smallest absolute Gasteiger partial charge is 0.457 e. The van der Waals surface area contributed by atoms with E-state index in [0.717, 1.165) is 17.5 Å². The lowest BCUT2D eigenvalue weighted by atomic mass is 9.43. The number of aryl methyl sites for hydroxylation is 1. The molecule has 1 aromatic heterocycles. The third-order valence-electron chi connectivity index (χ3n) is 10.1. The number of benzene rings is 1. The summed E-state index contributed by atoms with van der Waals surface area (Å²) in [6, 6.07) is 9.18. The molecule has 3 heterocycles. The number of carbonyl (C=O) groups is 2. The number of amides is 1. The van der Waals surface area contributed by atoms with E-state index in [1.54, 1.807) is 29.3 Å². The molecular formula is C33H43BN2O6. The molecule has 8 nitrogen and oxygen atoms in total. The zero-order valence-electron chi connectivity index (χ0n) is 25.9. The van der Waals surface area contributed by atoms with E-state index in [1.807, 2.05) is 39.8 Å². The molecule has 0 unspecified atom stereocenters. The number of hydrogen-bond acceptors (Lipinski definition) is 7. The van der Waals surface area contributed by atoms with E-state index < -0.39 is 11.6 Å². The standard InChI is InChI=1S/C33H43BN2O6/c1-20-21(13-14-34-41-27-17-22-16-26(32(22,5)6)33(27,7)42-34)11-12-25(28(20)30(38)40-31(2,3)4)39-23-18-36(19-23)29(37)24-10-8-9-15-35-24/h8-12,15,22-23,26-27H,13-14,16-19H2,1-7H3/t22-,26-,27+,33-/m0/s1. The summed E-state index contributed by atoms with van der Waals surface area (Å²) >= 11 is 0. The van der Waals surface area contributed by atoms with E-state index in [1.165, 1.54) is 6.42 Å². The Morgan fingerprint density at radius 3 is 2.55 bits per heavy atom. The van der Waals surface area contributed by atoms with Crippen LogP contribution in [0, 0.1) is 24.2 Å². The number of hydrogen-bond donors (Lipinski definition) is 0. The Morgan fingerprint density at radius 1 is 1.12 bits per heavy atom. The highest BCUT2D eigenvalue weighted by atomic mass is 16.7. The van der Waals surface area contributed by atoms with Gasteiger partial charge in [0, 0.05) is 6.20 Å². The number of aromatic nitrogens is 1. The second kappa shape index (κ2) is 10.4. The molecule has 0 spiro atoms. The SMILES string of the molecule is Cc1c(CCB2O[C@@H]3C[C@@H]4C[C@@H](C4(C)C)[C@]3(C)O2)ccc(OC2CN(C(=O)c3ccccn3)C2)c1C(=O)OC(C)(C)C. The Labute approximate surface area is 249 Å². The zero-order chi connectivity index (χ0) is 30.0. The van der Waals surface area contributed by atoms with Gasteiger partial charge in [0.05, 0.1) is 24.8 Å². The largest absolute Gasteiger partial charge is 0.486 e. The van der Waals surface area contributed by atoms with Gasteiger partial charge in [-0.15, -0.1) is 0 Å². The first-order valence-corrected chi connectivity index (χ1v) is 15.3. The fourth-order valence-corrected chi connectivity index (χ4v) is 7.54. The molecule has 5 fully saturated rings. The summed E-state index contributed by atoms with van der Waals surface area (Å²) in [5.41, 5.74) is 2.16. The van der Waals surface area contributed by atoms with Crippen LogP contribution in [-0.4, -0.2) is 65.4 Å². The van der Waals surface area contributed by atoms with Crippen molar-refractivity contribution in [3.8, 4) is 5.75 Å². The molecule has 1 aromatic carbocycles. The van der Waals surface area contributed by atoms with Crippen LogP contribution in [-0.2, 0) is 20.5 Å². The van der Waals surface area contributed by atoms with E-state index in [4.69, 9.17) is 18.8 Å². The van der Waals surface area contributed by atoms with Crippen LogP contribution in [0.4, 0.5) is 0 Å². The molecule has 2 aliphatic heterocycles. The fourth-order valence-electron chi connectivity index (χ4n) is 7.54. The maximum atomic E-state index is 13.5. The molecule has 5 aliphatic rings. The Balaban J connectivity index is 1.14. The number of pyridine rings is 1. The van der Waals surface area contributed by atoms with Gasteiger partial charge in [0.25, 0.3) is 5.91 Å². The molecule has 42 heavy (non-hydrogen) atoms. The molecule has 2 aromatic rings. The minimum absolute atomic E-state index is 0.125. The number of likely N-dealkylation sites (tertiary alicyclic amines) is 1. The molecule has 0 N–H and O–H groups in total.